The van der Waals surface area contributed by atoms with Crippen LogP contribution in [0.3, 0.4) is 0 Å². The molecule has 0 saturated heterocycles. The Labute approximate surface area is 146 Å². The molecular formula is C17H14F2N2O5. The minimum atomic E-state index is -2.95. The van der Waals surface area contributed by atoms with Crippen molar-refractivity contribution in [3.63, 3.8) is 0 Å². The van der Waals surface area contributed by atoms with E-state index in [2.05, 4.69) is 15.6 Å². The van der Waals surface area contributed by atoms with Crippen LogP contribution in [0.4, 0.5) is 8.78 Å². The Hall–Kier alpha value is -3.36. The molecular weight excluding hydrogens is 350 g/mol. The zero-order valence-corrected chi connectivity index (χ0v) is 13.3. The summed E-state index contributed by atoms with van der Waals surface area (Å²) in [4.78, 5) is 24.1. The molecule has 0 saturated carbocycles. The van der Waals surface area contributed by atoms with E-state index in [1.807, 2.05) is 0 Å². The Morgan fingerprint density at radius 1 is 1.04 bits per heavy atom. The lowest BCUT2D eigenvalue weighted by Gasteiger charge is -2.25. The molecule has 26 heavy (non-hydrogen) atoms. The third-order valence-electron chi connectivity index (χ3n) is 3.44. The number of para-hydroxylation sites is 2. The zero-order valence-electron chi connectivity index (χ0n) is 13.3. The van der Waals surface area contributed by atoms with Crippen LogP contribution in [0, 0.1) is 0 Å². The second-order valence-electron chi connectivity index (χ2n) is 5.21. The molecule has 0 fully saturated rings. The molecule has 0 spiro atoms. The number of rotatable bonds is 4. The number of benzene rings is 2. The molecule has 2 amide bonds. The van der Waals surface area contributed by atoms with Crippen molar-refractivity contribution in [1.29, 1.82) is 0 Å². The fourth-order valence-corrected chi connectivity index (χ4v) is 2.21. The molecule has 7 nitrogen and oxygen atoms in total. The van der Waals surface area contributed by atoms with Crippen LogP contribution in [0.2, 0.25) is 0 Å². The van der Waals surface area contributed by atoms with E-state index in [0.717, 1.165) is 0 Å². The number of halogens is 2. The van der Waals surface area contributed by atoms with Gasteiger partial charge in [-0.25, -0.2) is 0 Å². The highest BCUT2D eigenvalue weighted by molar-refractivity contribution is 5.95. The van der Waals surface area contributed by atoms with Gasteiger partial charge in [0, 0.05) is 5.56 Å². The number of hydrogen-bond donors (Lipinski definition) is 2. The van der Waals surface area contributed by atoms with Crippen molar-refractivity contribution in [3.05, 3.63) is 54.1 Å². The summed E-state index contributed by atoms with van der Waals surface area (Å²) in [6.45, 7) is -2.95. The number of alkyl halides is 2. The number of hydrogen-bond acceptors (Lipinski definition) is 5. The van der Waals surface area contributed by atoms with Crippen LogP contribution in [0.25, 0.3) is 0 Å². The Balaban J connectivity index is 1.52. The molecule has 0 aromatic heterocycles. The van der Waals surface area contributed by atoms with Gasteiger partial charge < -0.3 is 14.2 Å². The molecule has 9 heteroatoms. The van der Waals surface area contributed by atoms with Gasteiger partial charge >= 0.3 is 6.61 Å². The van der Waals surface area contributed by atoms with Crippen LogP contribution < -0.4 is 25.1 Å². The summed E-state index contributed by atoms with van der Waals surface area (Å²) in [5.41, 5.74) is 4.60. The van der Waals surface area contributed by atoms with Gasteiger partial charge in [0.15, 0.2) is 11.5 Å². The highest BCUT2D eigenvalue weighted by atomic mass is 19.3. The predicted octanol–water partition coefficient (Wildman–Crippen LogP) is 1.89. The summed E-state index contributed by atoms with van der Waals surface area (Å²) >= 11 is 0. The number of nitrogens with one attached hydrogen (secondary N) is 2. The lowest BCUT2D eigenvalue weighted by atomic mass is 10.2. The Morgan fingerprint density at radius 2 is 1.73 bits per heavy atom. The van der Waals surface area contributed by atoms with Gasteiger partial charge in [0.05, 0.1) is 0 Å². The highest BCUT2D eigenvalue weighted by Crippen LogP contribution is 2.30. The lowest BCUT2D eigenvalue weighted by molar-refractivity contribution is -0.131. The Bertz CT molecular complexity index is 798. The van der Waals surface area contributed by atoms with Gasteiger partial charge in [-0.15, -0.1) is 0 Å². The van der Waals surface area contributed by atoms with E-state index in [4.69, 9.17) is 9.47 Å². The van der Waals surface area contributed by atoms with E-state index >= 15 is 0 Å². The van der Waals surface area contributed by atoms with Gasteiger partial charge in [-0.05, 0) is 36.4 Å². The second-order valence-corrected chi connectivity index (χ2v) is 5.21. The molecule has 2 aromatic carbocycles. The summed E-state index contributed by atoms with van der Waals surface area (Å²) in [5, 5.41) is 0. The summed E-state index contributed by atoms with van der Waals surface area (Å²) < 4.78 is 39.3. The van der Waals surface area contributed by atoms with Crippen LogP contribution in [0.1, 0.15) is 10.4 Å². The van der Waals surface area contributed by atoms with E-state index in [-0.39, 0.29) is 17.9 Å². The van der Waals surface area contributed by atoms with E-state index in [9.17, 15) is 18.4 Å². The van der Waals surface area contributed by atoms with Gasteiger partial charge in [-0.1, -0.05) is 12.1 Å². The number of hydrazine groups is 1. The van der Waals surface area contributed by atoms with Crippen molar-refractivity contribution >= 4 is 11.8 Å². The SMILES string of the molecule is O=C(NNC(=O)[C@@H]1COc2ccccc2O1)c1ccc(OC(F)F)cc1. The standard InChI is InChI=1S/C17H14F2N2O5/c18-17(19)25-11-7-5-10(6-8-11)15(22)20-21-16(23)14-9-24-12-3-1-2-4-13(12)26-14/h1-8,14,17H,9H2,(H,20,22)(H,21,23)/t14-/m0/s1. The van der Waals surface area contributed by atoms with Crippen LogP contribution in [-0.2, 0) is 4.79 Å². The van der Waals surface area contributed by atoms with Crippen LogP contribution in [-0.4, -0.2) is 31.1 Å². The Kier molecular flexibility index (Phi) is 5.16. The number of ether oxygens (including phenoxy) is 3. The fraction of sp³-hybridized carbons (Fsp3) is 0.176. The molecule has 0 unspecified atom stereocenters. The van der Waals surface area contributed by atoms with Crippen molar-refractivity contribution < 1.29 is 32.6 Å². The van der Waals surface area contributed by atoms with E-state index < -0.39 is 24.5 Å². The average Bonchev–Trinajstić information content (AvgIpc) is 2.65. The molecule has 0 bridgehead atoms. The maximum atomic E-state index is 12.1. The molecule has 1 atom stereocenters. The lowest BCUT2D eigenvalue weighted by Crippen LogP contribution is -2.50. The summed E-state index contributed by atoms with van der Waals surface area (Å²) in [7, 11) is 0. The minimum Gasteiger partial charge on any atom is -0.485 e. The fourth-order valence-electron chi connectivity index (χ4n) is 2.21. The van der Waals surface area contributed by atoms with Gasteiger partial charge in [-0.3, -0.25) is 20.4 Å². The van der Waals surface area contributed by atoms with Gasteiger partial charge in [-0.2, -0.15) is 8.78 Å². The molecule has 136 valence electrons. The third-order valence-corrected chi connectivity index (χ3v) is 3.44. The first kappa shape index (κ1) is 17.5. The minimum absolute atomic E-state index is 0.00161. The number of carbonyl (C=O) groups excluding carboxylic acids is 2. The van der Waals surface area contributed by atoms with Gasteiger partial charge in [0.1, 0.15) is 12.4 Å². The van der Waals surface area contributed by atoms with E-state index in [0.29, 0.717) is 11.5 Å². The van der Waals surface area contributed by atoms with Crippen LogP contribution >= 0.6 is 0 Å². The largest absolute Gasteiger partial charge is 0.485 e. The Morgan fingerprint density at radius 3 is 2.42 bits per heavy atom. The molecule has 1 aliphatic rings. The van der Waals surface area contributed by atoms with Gasteiger partial charge in [0.2, 0.25) is 6.10 Å². The third kappa shape index (κ3) is 4.18. The molecule has 0 radical (unpaired) electrons. The molecule has 2 aromatic rings. The average molecular weight is 364 g/mol. The quantitative estimate of drug-likeness (QED) is 0.810. The predicted molar refractivity (Wildman–Crippen MR) is 85.0 cm³/mol. The monoisotopic (exact) mass is 364 g/mol. The molecule has 2 N–H and O–H groups in total. The molecule has 1 heterocycles. The maximum absolute atomic E-state index is 12.1. The summed E-state index contributed by atoms with van der Waals surface area (Å²) in [6.07, 6.45) is -0.924. The van der Waals surface area contributed by atoms with Crippen molar-refractivity contribution in [2.24, 2.45) is 0 Å². The number of fused-ring (bicyclic) bond motifs is 1. The summed E-state index contributed by atoms with van der Waals surface area (Å²) in [5.74, 6) is -0.330. The van der Waals surface area contributed by atoms with Crippen LogP contribution in [0.5, 0.6) is 17.2 Å². The first-order chi connectivity index (χ1) is 12.5. The molecule has 3 rings (SSSR count). The van der Waals surface area contributed by atoms with E-state index in [1.165, 1.54) is 24.3 Å². The first-order valence-corrected chi connectivity index (χ1v) is 7.56. The normalized spacial score (nSPS) is 15.3. The smallest absolute Gasteiger partial charge is 0.387 e. The van der Waals surface area contributed by atoms with Crippen molar-refractivity contribution in [2.75, 3.05) is 6.61 Å². The van der Waals surface area contributed by atoms with Crippen molar-refractivity contribution in [1.82, 2.24) is 10.9 Å². The summed E-state index contributed by atoms with van der Waals surface area (Å²) in [6, 6.07) is 11.9. The van der Waals surface area contributed by atoms with Gasteiger partial charge in [0.25, 0.3) is 11.8 Å². The van der Waals surface area contributed by atoms with Crippen molar-refractivity contribution in [2.45, 2.75) is 12.7 Å². The number of amides is 2. The highest BCUT2D eigenvalue weighted by Gasteiger charge is 2.27. The van der Waals surface area contributed by atoms with Crippen molar-refractivity contribution in [3.8, 4) is 17.2 Å². The maximum Gasteiger partial charge on any atom is 0.387 e. The van der Waals surface area contributed by atoms with Crippen LogP contribution in [0.15, 0.2) is 48.5 Å². The molecule has 0 aliphatic carbocycles. The second kappa shape index (κ2) is 7.68. The first-order valence-electron chi connectivity index (χ1n) is 7.56. The topological polar surface area (TPSA) is 85.9 Å². The van der Waals surface area contributed by atoms with E-state index in [1.54, 1.807) is 24.3 Å². The molecule has 1 aliphatic heterocycles. The zero-order chi connectivity index (χ0) is 18.5. The number of carbonyl (C=O) groups is 2.